The highest BCUT2D eigenvalue weighted by Crippen LogP contribution is 2.25. The van der Waals surface area contributed by atoms with Crippen molar-refractivity contribution in [1.29, 1.82) is 0 Å². The second kappa shape index (κ2) is 4.95. The second-order valence-corrected chi connectivity index (χ2v) is 3.84. The fourth-order valence-corrected chi connectivity index (χ4v) is 1.86. The van der Waals surface area contributed by atoms with Crippen molar-refractivity contribution in [1.82, 2.24) is 19.7 Å². The van der Waals surface area contributed by atoms with Crippen LogP contribution in [0.15, 0.2) is 18.7 Å². The first-order chi connectivity index (χ1) is 8.26. The van der Waals surface area contributed by atoms with Crippen LogP contribution in [0.25, 0.3) is 11.3 Å². The van der Waals surface area contributed by atoms with Gasteiger partial charge in [-0.25, -0.2) is 9.97 Å². The molecule has 90 valence electrons. The topological polar surface area (TPSA) is 55.6 Å². The molecule has 0 fully saturated rings. The van der Waals surface area contributed by atoms with Crippen LogP contribution in [0.4, 0.5) is 5.82 Å². The van der Waals surface area contributed by atoms with Crippen molar-refractivity contribution in [3.05, 3.63) is 24.3 Å². The van der Waals surface area contributed by atoms with Crippen LogP contribution in [0.5, 0.6) is 0 Å². The average molecular weight is 231 g/mol. The van der Waals surface area contributed by atoms with E-state index in [9.17, 15) is 0 Å². The first-order valence-electron chi connectivity index (χ1n) is 5.83. The van der Waals surface area contributed by atoms with Crippen LogP contribution in [-0.2, 0) is 13.5 Å². The van der Waals surface area contributed by atoms with Crippen LogP contribution < -0.4 is 5.32 Å². The lowest BCUT2D eigenvalue weighted by atomic mass is 10.1. The Balaban J connectivity index is 2.49. The maximum absolute atomic E-state index is 4.37. The molecule has 0 bridgehead atoms. The monoisotopic (exact) mass is 231 g/mol. The first kappa shape index (κ1) is 11.6. The minimum absolute atomic E-state index is 0.858. The van der Waals surface area contributed by atoms with Gasteiger partial charge >= 0.3 is 0 Å². The van der Waals surface area contributed by atoms with Gasteiger partial charge in [-0.1, -0.05) is 6.92 Å². The molecule has 0 amide bonds. The molecule has 0 unspecified atom stereocenters. The van der Waals surface area contributed by atoms with Gasteiger partial charge in [-0.05, 0) is 13.3 Å². The quantitative estimate of drug-likeness (QED) is 0.872. The third-order valence-electron chi connectivity index (χ3n) is 2.62. The van der Waals surface area contributed by atoms with Gasteiger partial charge < -0.3 is 5.32 Å². The zero-order valence-corrected chi connectivity index (χ0v) is 10.4. The maximum atomic E-state index is 4.37. The zero-order chi connectivity index (χ0) is 12.3. The van der Waals surface area contributed by atoms with E-state index >= 15 is 0 Å². The van der Waals surface area contributed by atoms with Crippen molar-refractivity contribution in [3.63, 3.8) is 0 Å². The van der Waals surface area contributed by atoms with Crippen molar-refractivity contribution in [2.45, 2.75) is 20.3 Å². The minimum Gasteiger partial charge on any atom is -0.370 e. The van der Waals surface area contributed by atoms with Crippen LogP contribution in [0, 0.1) is 0 Å². The number of hydrogen-bond donors (Lipinski definition) is 1. The highest BCUT2D eigenvalue weighted by Gasteiger charge is 2.12. The number of aromatic nitrogens is 4. The Bertz CT molecular complexity index is 503. The summed E-state index contributed by atoms with van der Waals surface area (Å²) in [5.41, 5.74) is 3.14. The molecule has 2 aromatic heterocycles. The number of nitrogens with one attached hydrogen (secondary N) is 1. The molecule has 0 saturated carbocycles. The molecule has 2 heterocycles. The number of nitrogens with zero attached hydrogens (tertiary/aromatic N) is 4. The molecule has 2 aromatic rings. The van der Waals surface area contributed by atoms with Crippen LogP contribution >= 0.6 is 0 Å². The number of rotatable bonds is 4. The molecule has 0 radical (unpaired) electrons. The molecular formula is C12H17N5. The Morgan fingerprint density at radius 1 is 1.29 bits per heavy atom. The average Bonchev–Trinajstić information content (AvgIpc) is 2.76. The summed E-state index contributed by atoms with van der Waals surface area (Å²) in [6, 6.07) is 0. The SMILES string of the molecule is CCNc1ncnc(-c2cnn(C)c2)c1CC. The third kappa shape index (κ3) is 2.27. The molecular weight excluding hydrogens is 214 g/mol. The van der Waals surface area contributed by atoms with Gasteiger partial charge in [0.15, 0.2) is 0 Å². The van der Waals surface area contributed by atoms with Crippen molar-refractivity contribution in [2.75, 3.05) is 11.9 Å². The van der Waals surface area contributed by atoms with Gasteiger partial charge in [0.25, 0.3) is 0 Å². The van der Waals surface area contributed by atoms with Crippen LogP contribution in [0.2, 0.25) is 0 Å². The summed E-state index contributed by atoms with van der Waals surface area (Å²) in [5.74, 6) is 0.920. The molecule has 0 saturated heterocycles. The normalized spacial score (nSPS) is 10.5. The molecule has 0 atom stereocenters. The largest absolute Gasteiger partial charge is 0.370 e. The molecule has 5 nitrogen and oxygen atoms in total. The first-order valence-corrected chi connectivity index (χ1v) is 5.83. The molecule has 0 aliphatic rings. The van der Waals surface area contributed by atoms with E-state index in [-0.39, 0.29) is 0 Å². The Kier molecular flexibility index (Phi) is 3.37. The molecule has 17 heavy (non-hydrogen) atoms. The summed E-state index contributed by atoms with van der Waals surface area (Å²) in [4.78, 5) is 8.65. The zero-order valence-electron chi connectivity index (χ0n) is 10.4. The van der Waals surface area contributed by atoms with Crippen molar-refractivity contribution >= 4 is 5.82 Å². The Labute approximate surface area is 101 Å². The van der Waals surface area contributed by atoms with Crippen molar-refractivity contribution in [2.24, 2.45) is 7.05 Å². The fraction of sp³-hybridized carbons (Fsp3) is 0.417. The van der Waals surface area contributed by atoms with Crippen LogP contribution in [-0.4, -0.2) is 26.3 Å². The maximum Gasteiger partial charge on any atom is 0.133 e. The molecule has 0 spiro atoms. The van der Waals surface area contributed by atoms with Gasteiger partial charge in [0.2, 0.25) is 0 Å². The number of anilines is 1. The lowest BCUT2D eigenvalue weighted by Gasteiger charge is -2.10. The van der Waals surface area contributed by atoms with E-state index in [2.05, 4.69) is 34.2 Å². The predicted octanol–water partition coefficient (Wildman–Crippen LogP) is 1.87. The summed E-state index contributed by atoms with van der Waals surface area (Å²) in [6.07, 6.45) is 6.29. The van der Waals surface area contributed by atoms with E-state index in [1.807, 2.05) is 19.4 Å². The van der Waals surface area contributed by atoms with E-state index in [1.165, 1.54) is 0 Å². The lowest BCUT2D eigenvalue weighted by molar-refractivity contribution is 0.768. The van der Waals surface area contributed by atoms with Gasteiger partial charge in [0.1, 0.15) is 12.1 Å². The highest BCUT2D eigenvalue weighted by atomic mass is 15.2. The van der Waals surface area contributed by atoms with Gasteiger partial charge in [-0.2, -0.15) is 5.10 Å². The van der Waals surface area contributed by atoms with Crippen LogP contribution in [0.3, 0.4) is 0 Å². The van der Waals surface area contributed by atoms with Gasteiger partial charge in [-0.3, -0.25) is 4.68 Å². The Morgan fingerprint density at radius 3 is 2.71 bits per heavy atom. The summed E-state index contributed by atoms with van der Waals surface area (Å²) >= 11 is 0. The predicted molar refractivity (Wildman–Crippen MR) is 67.8 cm³/mol. The van der Waals surface area contributed by atoms with Gasteiger partial charge in [-0.15, -0.1) is 0 Å². The van der Waals surface area contributed by atoms with E-state index in [4.69, 9.17) is 0 Å². The molecule has 0 aliphatic heterocycles. The molecule has 0 aromatic carbocycles. The van der Waals surface area contributed by atoms with Crippen LogP contribution in [0.1, 0.15) is 19.4 Å². The summed E-state index contributed by atoms with van der Waals surface area (Å²) in [7, 11) is 1.90. The number of aryl methyl sites for hydroxylation is 1. The smallest absolute Gasteiger partial charge is 0.133 e. The Morgan fingerprint density at radius 2 is 2.12 bits per heavy atom. The summed E-state index contributed by atoms with van der Waals surface area (Å²) in [6.45, 7) is 5.03. The van der Waals surface area contributed by atoms with E-state index in [0.29, 0.717) is 0 Å². The summed E-state index contributed by atoms with van der Waals surface area (Å²) < 4.78 is 1.78. The molecule has 2 rings (SSSR count). The highest BCUT2D eigenvalue weighted by molar-refractivity contribution is 5.67. The Hall–Kier alpha value is -1.91. The molecule has 0 aliphatic carbocycles. The van der Waals surface area contributed by atoms with E-state index in [1.54, 1.807) is 11.0 Å². The molecule has 5 heteroatoms. The summed E-state index contributed by atoms with van der Waals surface area (Å²) in [5, 5.41) is 7.45. The third-order valence-corrected chi connectivity index (χ3v) is 2.62. The standard InChI is InChI=1S/C12H17N5/c1-4-10-11(9-6-16-17(3)7-9)14-8-15-12(10)13-5-2/h6-8H,4-5H2,1-3H3,(H,13,14,15). The second-order valence-electron chi connectivity index (χ2n) is 3.84. The number of hydrogen-bond acceptors (Lipinski definition) is 4. The lowest BCUT2D eigenvalue weighted by Crippen LogP contribution is -2.05. The van der Waals surface area contributed by atoms with Crippen molar-refractivity contribution < 1.29 is 0 Å². The van der Waals surface area contributed by atoms with E-state index < -0.39 is 0 Å². The van der Waals surface area contributed by atoms with Gasteiger partial charge in [0, 0.05) is 30.9 Å². The fourth-order valence-electron chi connectivity index (χ4n) is 1.86. The van der Waals surface area contributed by atoms with Crippen molar-refractivity contribution in [3.8, 4) is 11.3 Å². The molecule has 1 N–H and O–H groups in total. The minimum atomic E-state index is 0.858. The van der Waals surface area contributed by atoms with E-state index in [0.717, 1.165) is 35.6 Å². The van der Waals surface area contributed by atoms with Gasteiger partial charge in [0.05, 0.1) is 11.9 Å².